The summed E-state index contributed by atoms with van der Waals surface area (Å²) < 4.78 is 13.6. The lowest BCUT2D eigenvalue weighted by molar-refractivity contribution is -0.501. The molecule has 1 aromatic carbocycles. The number of aliphatic imine (C=N–C) groups is 1. The number of rotatable bonds is 6. The summed E-state index contributed by atoms with van der Waals surface area (Å²) in [4.78, 5) is 18.4. The molecule has 7 nitrogen and oxygen atoms in total. The maximum atomic E-state index is 13.6. The molecule has 1 unspecified atom stereocenters. The fraction of sp³-hybridized carbons (Fsp3) is 0.125. The van der Waals surface area contributed by atoms with Crippen LogP contribution < -0.4 is 11.5 Å². The highest BCUT2D eigenvalue weighted by atomic mass is 19.1. The van der Waals surface area contributed by atoms with E-state index < -0.39 is 16.9 Å². The number of hydrogen-bond acceptors (Lipinski definition) is 6. The van der Waals surface area contributed by atoms with Gasteiger partial charge in [-0.25, -0.2) is 4.39 Å². The molecule has 0 radical (unpaired) electrons. The quantitative estimate of drug-likeness (QED) is 0.362. The largest absolute Gasteiger partial charge is 0.397 e. The number of nitrogens with two attached hydrogens (primary N) is 2. The second-order valence-electron chi connectivity index (χ2n) is 4.88. The highest BCUT2D eigenvalue weighted by Gasteiger charge is 2.20. The van der Waals surface area contributed by atoms with E-state index in [4.69, 9.17) is 11.5 Å². The molecule has 0 saturated carbocycles. The minimum absolute atomic E-state index is 0.0635. The van der Waals surface area contributed by atoms with Gasteiger partial charge in [-0.2, -0.15) is 0 Å². The Morgan fingerprint density at radius 1 is 1.33 bits per heavy atom. The summed E-state index contributed by atoms with van der Waals surface area (Å²) in [6.07, 6.45) is 1.26. The Labute approximate surface area is 137 Å². The van der Waals surface area contributed by atoms with Gasteiger partial charge in [0.15, 0.2) is 0 Å². The lowest BCUT2D eigenvalue weighted by Crippen LogP contribution is -2.37. The number of pyridine rings is 1. The summed E-state index contributed by atoms with van der Waals surface area (Å²) in [6, 6.07) is 11.1. The van der Waals surface area contributed by atoms with Crippen molar-refractivity contribution in [1.29, 1.82) is 0 Å². The molecule has 0 aliphatic rings. The first-order valence-electron chi connectivity index (χ1n) is 7.04. The van der Waals surface area contributed by atoms with Crippen LogP contribution in [0.1, 0.15) is 11.3 Å². The first-order chi connectivity index (χ1) is 11.5. The van der Waals surface area contributed by atoms with E-state index in [2.05, 4.69) is 9.98 Å². The van der Waals surface area contributed by atoms with Crippen molar-refractivity contribution in [3.63, 3.8) is 0 Å². The Bertz CT molecular complexity index is 777. The number of aromatic nitrogens is 1. The monoisotopic (exact) mass is 329 g/mol. The summed E-state index contributed by atoms with van der Waals surface area (Å²) in [6.45, 7) is -0.0878. The van der Waals surface area contributed by atoms with E-state index in [1.807, 2.05) is 0 Å². The molecule has 1 aromatic heterocycles. The highest BCUT2D eigenvalue weighted by molar-refractivity contribution is 6.02. The van der Waals surface area contributed by atoms with Gasteiger partial charge in [0.05, 0.1) is 17.9 Å². The highest BCUT2D eigenvalue weighted by Crippen LogP contribution is 2.10. The summed E-state index contributed by atoms with van der Waals surface area (Å²) >= 11 is 0. The third-order valence-corrected chi connectivity index (χ3v) is 3.18. The Balaban J connectivity index is 2.33. The van der Waals surface area contributed by atoms with Gasteiger partial charge < -0.3 is 5.73 Å². The van der Waals surface area contributed by atoms with Crippen LogP contribution in [0.25, 0.3) is 5.70 Å². The lowest BCUT2D eigenvalue weighted by Gasteiger charge is -2.07. The van der Waals surface area contributed by atoms with Crippen LogP contribution in [0.4, 0.5) is 4.39 Å². The fourth-order valence-electron chi connectivity index (χ4n) is 1.90. The number of nitro groups is 1. The third kappa shape index (κ3) is 4.43. The van der Waals surface area contributed by atoms with Gasteiger partial charge in [-0.1, -0.05) is 24.3 Å². The Morgan fingerprint density at radius 2 is 2.04 bits per heavy atom. The number of hydrogen-bond donors (Lipinski definition) is 2. The van der Waals surface area contributed by atoms with Crippen molar-refractivity contribution < 1.29 is 9.31 Å². The molecular weight excluding hydrogens is 313 g/mol. The van der Waals surface area contributed by atoms with Gasteiger partial charge in [0.2, 0.25) is 0 Å². The molecule has 0 spiro atoms. The molecule has 1 atom stereocenters. The molecule has 124 valence electrons. The normalized spacial score (nSPS) is 13.6. The molecular formula is C16H16FN5O2. The summed E-state index contributed by atoms with van der Waals surface area (Å²) in [5.74, 6) is -0.447. The molecule has 0 amide bonds. The predicted molar refractivity (Wildman–Crippen MR) is 88.9 cm³/mol. The van der Waals surface area contributed by atoms with Crippen LogP contribution in [0, 0.1) is 15.9 Å². The van der Waals surface area contributed by atoms with Crippen molar-refractivity contribution in [2.45, 2.75) is 12.7 Å². The van der Waals surface area contributed by atoms with Crippen molar-refractivity contribution in [3.8, 4) is 0 Å². The summed E-state index contributed by atoms with van der Waals surface area (Å²) in [7, 11) is 0. The zero-order valence-corrected chi connectivity index (χ0v) is 12.7. The van der Waals surface area contributed by atoms with Crippen LogP contribution in [0.2, 0.25) is 0 Å². The van der Waals surface area contributed by atoms with Crippen LogP contribution in [0.15, 0.2) is 59.7 Å². The van der Waals surface area contributed by atoms with Crippen LogP contribution in [-0.2, 0) is 6.54 Å². The van der Waals surface area contributed by atoms with E-state index in [0.717, 1.165) is 0 Å². The topological polar surface area (TPSA) is 120 Å². The third-order valence-electron chi connectivity index (χ3n) is 3.18. The van der Waals surface area contributed by atoms with Crippen LogP contribution >= 0.6 is 0 Å². The maximum absolute atomic E-state index is 13.6. The molecule has 4 N–H and O–H groups in total. The molecule has 0 saturated heterocycles. The zero-order valence-electron chi connectivity index (χ0n) is 12.7. The Kier molecular flexibility index (Phi) is 5.69. The molecule has 8 heteroatoms. The van der Waals surface area contributed by atoms with Gasteiger partial charge in [-0.05, 0) is 24.3 Å². The molecule has 2 aromatic rings. The molecule has 1 heterocycles. The van der Waals surface area contributed by atoms with Crippen molar-refractivity contribution in [2.75, 3.05) is 0 Å². The molecule has 0 bridgehead atoms. The van der Waals surface area contributed by atoms with Crippen LogP contribution in [0.3, 0.4) is 0 Å². The van der Waals surface area contributed by atoms with E-state index in [1.165, 1.54) is 12.1 Å². The predicted octanol–water partition coefficient (Wildman–Crippen LogP) is 1.72. The number of nitrogens with zero attached hydrogens (tertiary/aromatic N) is 3. The van der Waals surface area contributed by atoms with Gasteiger partial charge in [0.1, 0.15) is 11.5 Å². The second kappa shape index (κ2) is 7.93. The molecule has 2 rings (SSSR count). The fourth-order valence-corrected chi connectivity index (χ4v) is 1.90. The van der Waals surface area contributed by atoms with Crippen LogP contribution in [0.5, 0.6) is 0 Å². The zero-order chi connectivity index (χ0) is 17.5. The summed E-state index contributed by atoms with van der Waals surface area (Å²) in [5, 5.41) is 11.0. The lowest BCUT2D eigenvalue weighted by atomic mass is 10.2. The maximum Gasteiger partial charge on any atom is 0.305 e. The first-order valence-corrected chi connectivity index (χ1v) is 7.04. The number of benzene rings is 1. The molecule has 0 aliphatic carbocycles. The average Bonchev–Trinajstić information content (AvgIpc) is 2.59. The van der Waals surface area contributed by atoms with Crippen molar-refractivity contribution in [2.24, 2.45) is 16.5 Å². The van der Waals surface area contributed by atoms with Crippen molar-refractivity contribution in [1.82, 2.24) is 4.98 Å². The average molecular weight is 329 g/mol. The SMILES string of the molecule is NC(=CC(=NCc1ccccc1F)C(N)[N+](=O)[O-])c1ccccn1. The Morgan fingerprint density at radius 3 is 2.67 bits per heavy atom. The van der Waals surface area contributed by atoms with Gasteiger partial charge in [0.25, 0.3) is 0 Å². The molecule has 0 fully saturated rings. The van der Waals surface area contributed by atoms with E-state index in [0.29, 0.717) is 11.3 Å². The van der Waals surface area contributed by atoms with Crippen LogP contribution in [-0.4, -0.2) is 21.8 Å². The van der Waals surface area contributed by atoms with Gasteiger partial charge >= 0.3 is 6.17 Å². The van der Waals surface area contributed by atoms with E-state index in [1.54, 1.807) is 42.6 Å². The minimum atomic E-state index is -1.57. The summed E-state index contributed by atoms with van der Waals surface area (Å²) in [5.41, 5.74) is 12.3. The standard InChI is InChI=1S/C16H16FN5O2/c17-12-6-2-1-5-11(12)10-21-15(16(19)22(23)24)9-13(18)14-7-3-4-8-20-14/h1-9,16H,10,18-19H2. The van der Waals surface area contributed by atoms with E-state index in [-0.39, 0.29) is 18.0 Å². The number of halogens is 1. The van der Waals surface area contributed by atoms with Gasteiger partial charge in [0, 0.05) is 16.7 Å². The molecule has 0 aliphatic heterocycles. The van der Waals surface area contributed by atoms with Crippen molar-refractivity contribution in [3.05, 3.63) is 81.9 Å². The van der Waals surface area contributed by atoms with Crippen molar-refractivity contribution >= 4 is 11.4 Å². The Hall–Kier alpha value is -3.13. The van der Waals surface area contributed by atoms with E-state index >= 15 is 0 Å². The van der Waals surface area contributed by atoms with Gasteiger partial charge in [-0.15, -0.1) is 0 Å². The minimum Gasteiger partial charge on any atom is -0.397 e. The van der Waals surface area contributed by atoms with E-state index in [9.17, 15) is 14.5 Å². The molecule has 24 heavy (non-hydrogen) atoms. The smallest absolute Gasteiger partial charge is 0.305 e. The van der Waals surface area contributed by atoms with Gasteiger partial charge in [-0.3, -0.25) is 25.8 Å². The first kappa shape index (κ1) is 17.2. The second-order valence-corrected chi connectivity index (χ2v) is 4.88.